The van der Waals surface area contributed by atoms with Gasteiger partial charge in [0.15, 0.2) is 0 Å². The molecule has 72 valence electrons. The molecule has 2 rings (SSSR count). The number of carbonyl (C=O) groups is 1. The number of rotatable bonds is 1. The lowest BCUT2D eigenvalue weighted by Gasteiger charge is -2.19. The summed E-state index contributed by atoms with van der Waals surface area (Å²) < 4.78 is 0. The summed E-state index contributed by atoms with van der Waals surface area (Å²) in [4.78, 5) is 10.8. The normalized spacial score (nSPS) is 14.6. The fourth-order valence-electron chi connectivity index (χ4n) is 1.50. The van der Waals surface area contributed by atoms with Crippen molar-refractivity contribution >= 4 is 17.4 Å². The van der Waals surface area contributed by atoms with Crippen molar-refractivity contribution in [1.29, 1.82) is 0 Å². The number of carboxylic acids is 1. The van der Waals surface area contributed by atoms with Crippen LogP contribution in [0.3, 0.4) is 0 Å². The largest absolute Gasteiger partial charge is 0.478 e. The summed E-state index contributed by atoms with van der Waals surface area (Å²) in [6, 6.07) is 7.39. The predicted molar refractivity (Wildman–Crippen MR) is 53.7 cm³/mol. The summed E-state index contributed by atoms with van der Waals surface area (Å²) in [5.41, 5.74) is 7.97. The maximum atomic E-state index is 10.8. The number of carboxylic acid groups (broad SMARTS) is 1. The molecule has 1 aliphatic rings. The molecule has 4 heteroatoms. The minimum Gasteiger partial charge on any atom is -0.478 e. The second kappa shape index (κ2) is 3.06. The molecule has 0 amide bonds. The van der Waals surface area contributed by atoms with Crippen LogP contribution in [0.25, 0.3) is 5.70 Å². The maximum absolute atomic E-state index is 10.8. The van der Waals surface area contributed by atoms with E-state index in [0.29, 0.717) is 5.70 Å². The van der Waals surface area contributed by atoms with Crippen LogP contribution in [0.4, 0.5) is 5.69 Å². The van der Waals surface area contributed by atoms with Crippen molar-refractivity contribution in [3.63, 3.8) is 0 Å². The minimum absolute atomic E-state index is 0.226. The van der Waals surface area contributed by atoms with E-state index in [1.807, 2.05) is 18.2 Å². The maximum Gasteiger partial charge on any atom is 0.335 e. The van der Waals surface area contributed by atoms with E-state index >= 15 is 0 Å². The van der Waals surface area contributed by atoms with Crippen molar-refractivity contribution in [1.82, 2.24) is 0 Å². The fraction of sp³-hybridized carbons (Fsp3) is 0.100. The molecular weight excluding hydrogens is 180 g/mol. The van der Waals surface area contributed by atoms with E-state index < -0.39 is 5.97 Å². The average molecular weight is 190 g/mol. The van der Waals surface area contributed by atoms with Crippen molar-refractivity contribution < 1.29 is 9.90 Å². The highest BCUT2D eigenvalue weighted by Crippen LogP contribution is 2.27. The standard InChI is InChI=1S/C10H10N2O2/c11-9-6-3-1-2-4-8(6)12-5-7(9)10(13)14/h1-4,12H,5,11H2,(H,13,14). The number of nitrogens with two attached hydrogens (primary N) is 1. The van der Waals surface area contributed by atoms with Crippen LogP contribution in [-0.4, -0.2) is 17.6 Å². The first-order chi connectivity index (χ1) is 6.70. The molecule has 0 radical (unpaired) electrons. The summed E-state index contributed by atoms with van der Waals surface area (Å²) >= 11 is 0. The number of fused-ring (bicyclic) bond motifs is 1. The molecule has 1 heterocycles. The van der Waals surface area contributed by atoms with Gasteiger partial charge in [0.25, 0.3) is 0 Å². The van der Waals surface area contributed by atoms with E-state index in [-0.39, 0.29) is 12.1 Å². The number of nitrogens with one attached hydrogen (secondary N) is 1. The van der Waals surface area contributed by atoms with E-state index in [2.05, 4.69) is 5.32 Å². The molecule has 0 bridgehead atoms. The Bertz CT molecular complexity index is 424. The smallest absolute Gasteiger partial charge is 0.335 e. The first-order valence-corrected chi connectivity index (χ1v) is 4.25. The van der Waals surface area contributed by atoms with Crippen LogP contribution < -0.4 is 11.1 Å². The van der Waals surface area contributed by atoms with Gasteiger partial charge in [0.2, 0.25) is 0 Å². The van der Waals surface area contributed by atoms with Gasteiger partial charge in [0.1, 0.15) is 0 Å². The van der Waals surface area contributed by atoms with E-state index in [4.69, 9.17) is 10.8 Å². The molecule has 0 aromatic heterocycles. The van der Waals surface area contributed by atoms with Gasteiger partial charge in [-0.25, -0.2) is 4.79 Å². The molecule has 0 saturated carbocycles. The zero-order chi connectivity index (χ0) is 10.1. The first-order valence-electron chi connectivity index (χ1n) is 4.25. The van der Waals surface area contributed by atoms with Crippen molar-refractivity contribution in [2.45, 2.75) is 0 Å². The number of hydrogen-bond acceptors (Lipinski definition) is 3. The van der Waals surface area contributed by atoms with Crippen LogP contribution in [0.1, 0.15) is 5.56 Å². The zero-order valence-electron chi connectivity index (χ0n) is 7.45. The van der Waals surface area contributed by atoms with Gasteiger partial charge in [-0.2, -0.15) is 0 Å². The summed E-state index contributed by atoms with van der Waals surface area (Å²) in [6.45, 7) is 0.276. The molecular formula is C10H10N2O2. The molecule has 1 aromatic rings. The van der Waals surface area contributed by atoms with Crippen LogP contribution in [0.15, 0.2) is 29.8 Å². The lowest BCUT2D eigenvalue weighted by atomic mass is 10.0. The highest BCUT2D eigenvalue weighted by Gasteiger charge is 2.20. The van der Waals surface area contributed by atoms with Gasteiger partial charge in [-0.1, -0.05) is 18.2 Å². The van der Waals surface area contributed by atoms with Gasteiger partial charge in [0.05, 0.1) is 11.3 Å². The van der Waals surface area contributed by atoms with E-state index in [0.717, 1.165) is 11.3 Å². The Kier molecular flexibility index (Phi) is 1.89. The molecule has 4 N–H and O–H groups in total. The molecule has 14 heavy (non-hydrogen) atoms. The van der Waals surface area contributed by atoms with Crippen molar-refractivity contribution in [3.8, 4) is 0 Å². The number of anilines is 1. The minimum atomic E-state index is -0.968. The van der Waals surface area contributed by atoms with Gasteiger partial charge in [-0.05, 0) is 6.07 Å². The summed E-state index contributed by atoms with van der Waals surface area (Å²) in [7, 11) is 0. The highest BCUT2D eigenvalue weighted by atomic mass is 16.4. The van der Waals surface area contributed by atoms with Crippen LogP contribution in [-0.2, 0) is 4.79 Å². The van der Waals surface area contributed by atoms with E-state index in [1.54, 1.807) is 6.07 Å². The molecule has 0 unspecified atom stereocenters. The van der Waals surface area contributed by atoms with Crippen LogP contribution >= 0.6 is 0 Å². The molecule has 0 aliphatic carbocycles. The van der Waals surface area contributed by atoms with Gasteiger partial charge < -0.3 is 16.2 Å². The lowest BCUT2D eigenvalue weighted by Crippen LogP contribution is -2.22. The predicted octanol–water partition coefficient (Wildman–Crippen LogP) is 0.866. The Morgan fingerprint density at radius 2 is 2.14 bits per heavy atom. The van der Waals surface area contributed by atoms with E-state index in [9.17, 15) is 4.79 Å². The number of para-hydroxylation sites is 1. The SMILES string of the molecule is NC1=C(C(=O)O)CNc2ccccc21. The Balaban J connectivity index is 2.56. The lowest BCUT2D eigenvalue weighted by molar-refractivity contribution is -0.132. The van der Waals surface area contributed by atoms with E-state index in [1.165, 1.54) is 0 Å². The zero-order valence-corrected chi connectivity index (χ0v) is 7.45. The van der Waals surface area contributed by atoms with Crippen molar-refractivity contribution in [2.75, 3.05) is 11.9 Å². The Labute approximate surface area is 81.0 Å². The highest BCUT2D eigenvalue weighted by molar-refractivity contribution is 5.99. The number of hydrogen-bond donors (Lipinski definition) is 3. The summed E-state index contributed by atoms with van der Waals surface area (Å²) in [5.74, 6) is -0.968. The molecule has 0 spiro atoms. The monoisotopic (exact) mass is 190 g/mol. The summed E-state index contributed by atoms with van der Waals surface area (Å²) in [6.07, 6.45) is 0. The molecule has 0 atom stereocenters. The number of benzene rings is 1. The quantitative estimate of drug-likeness (QED) is 0.614. The van der Waals surface area contributed by atoms with Crippen LogP contribution in [0.5, 0.6) is 0 Å². The third-order valence-corrected chi connectivity index (χ3v) is 2.26. The average Bonchev–Trinajstić information content (AvgIpc) is 2.18. The Morgan fingerprint density at radius 1 is 1.43 bits per heavy atom. The number of aliphatic carboxylic acids is 1. The third-order valence-electron chi connectivity index (χ3n) is 2.26. The van der Waals surface area contributed by atoms with Crippen molar-refractivity contribution in [2.24, 2.45) is 5.73 Å². The first kappa shape index (κ1) is 8.62. The fourth-order valence-corrected chi connectivity index (χ4v) is 1.50. The second-order valence-electron chi connectivity index (χ2n) is 3.10. The van der Waals surface area contributed by atoms with Gasteiger partial charge in [-0.15, -0.1) is 0 Å². The Hall–Kier alpha value is -1.97. The van der Waals surface area contributed by atoms with Gasteiger partial charge >= 0.3 is 5.97 Å². The Morgan fingerprint density at radius 3 is 2.86 bits per heavy atom. The van der Waals surface area contributed by atoms with Gasteiger partial charge in [0, 0.05) is 17.8 Å². The topological polar surface area (TPSA) is 75.4 Å². The molecule has 0 fully saturated rings. The molecule has 1 aliphatic heterocycles. The molecule has 4 nitrogen and oxygen atoms in total. The summed E-state index contributed by atoms with van der Waals surface area (Å²) in [5, 5.41) is 11.9. The molecule has 1 aromatic carbocycles. The van der Waals surface area contributed by atoms with Crippen LogP contribution in [0, 0.1) is 0 Å². The molecule has 0 saturated heterocycles. The third kappa shape index (κ3) is 1.21. The second-order valence-corrected chi connectivity index (χ2v) is 3.10. The van der Waals surface area contributed by atoms with Crippen molar-refractivity contribution in [3.05, 3.63) is 35.4 Å². The van der Waals surface area contributed by atoms with Gasteiger partial charge in [-0.3, -0.25) is 0 Å². The van der Waals surface area contributed by atoms with Crippen LogP contribution in [0.2, 0.25) is 0 Å².